The highest BCUT2D eigenvalue weighted by Crippen LogP contribution is 2.28. The Hall–Kier alpha value is -1.03. The zero-order valence-electron chi connectivity index (χ0n) is 11.6. The van der Waals surface area contributed by atoms with E-state index in [1.165, 1.54) is 5.56 Å². The molecular formula is C15H22F3N. The van der Waals surface area contributed by atoms with E-state index in [0.29, 0.717) is 6.54 Å². The predicted molar refractivity (Wildman–Crippen MR) is 72.1 cm³/mol. The van der Waals surface area contributed by atoms with E-state index >= 15 is 0 Å². The van der Waals surface area contributed by atoms with Crippen molar-refractivity contribution in [2.24, 2.45) is 0 Å². The largest absolute Gasteiger partial charge is 0.389 e. The van der Waals surface area contributed by atoms with Gasteiger partial charge in [-0.2, -0.15) is 13.2 Å². The Morgan fingerprint density at radius 2 is 1.95 bits per heavy atom. The zero-order chi connectivity index (χ0) is 14.3. The van der Waals surface area contributed by atoms with Crippen molar-refractivity contribution in [2.75, 3.05) is 6.54 Å². The fourth-order valence-corrected chi connectivity index (χ4v) is 2.20. The van der Waals surface area contributed by atoms with Crippen LogP contribution in [0.15, 0.2) is 24.3 Å². The lowest BCUT2D eigenvalue weighted by Gasteiger charge is -2.20. The van der Waals surface area contributed by atoms with Crippen LogP contribution in [0.3, 0.4) is 0 Å². The first-order valence-electron chi connectivity index (χ1n) is 6.85. The number of benzene rings is 1. The van der Waals surface area contributed by atoms with Crippen LogP contribution in [0, 0.1) is 0 Å². The van der Waals surface area contributed by atoms with Crippen LogP contribution in [0.1, 0.15) is 50.3 Å². The normalized spacial score (nSPS) is 13.5. The molecular weight excluding hydrogens is 251 g/mol. The van der Waals surface area contributed by atoms with E-state index in [0.717, 1.165) is 18.4 Å². The van der Waals surface area contributed by atoms with Gasteiger partial charge in [-0.15, -0.1) is 0 Å². The molecule has 19 heavy (non-hydrogen) atoms. The van der Waals surface area contributed by atoms with E-state index in [1.54, 1.807) is 0 Å². The van der Waals surface area contributed by atoms with Crippen LogP contribution in [0.5, 0.6) is 0 Å². The molecule has 4 heteroatoms. The van der Waals surface area contributed by atoms with Gasteiger partial charge in [0, 0.05) is 12.5 Å². The Morgan fingerprint density at radius 3 is 2.53 bits per heavy atom. The highest BCUT2D eigenvalue weighted by Gasteiger charge is 2.28. The van der Waals surface area contributed by atoms with E-state index in [1.807, 2.05) is 31.2 Å². The van der Waals surface area contributed by atoms with Crippen molar-refractivity contribution in [2.45, 2.75) is 51.7 Å². The lowest BCUT2D eigenvalue weighted by atomic mass is 9.98. The fraction of sp³-hybridized carbons (Fsp3) is 0.600. The Labute approximate surface area is 113 Å². The standard InChI is InChI=1S/C15H22F3N/c1-3-6-12-7-5-8-13(11-12)14(19-4-2)9-10-15(16,17)18/h5,7-8,11,14,19H,3-4,6,9-10H2,1-2H3. The van der Waals surface area contributed by atoms with Crippen molar-refractivity contribution in [3.8, 4) is 0 Å². The van der Waals surface area contributed by atoms with Gasteiger partial charge in [-0.1, -0.05) is 44.5 Å². The third-order valence-corrected chi connectivity index (χ3v) is 3.06. The van der Waals surface area contributed by atoms with E-state index in [-0.39, 0.29) is 12.5 Å². The monoisotopic (exact) mass is 273 g/mol. The van der Waals surface area contributed by atoms with E-state index in [4.69, 9.17) is 0 Å². The summed E-state index contributed by atoms with van der Waals surface area (Å²) in [7, 11) is 0. The summed E-state index contributed by atoms with van der Waals surface area (Å²) in [6, 6.07) is 7.66. The minimum atomic E-state index is -4.09. The molecule has 1 rings (SSSR count). The highest BCUT2D eigenvalue weighted by atomic mass is 19.4. The molecule has 0 aliphatic heterocycles. The second-order valence-electron chi connectivity index (χ2n) is 4.76. The summed E-state index contributed by atoms with van der Waals surface area (Å²) in [5.41, 5.74) is 2.15. The van der Waals surface area contributed by atoms with Crippen molar-refractivity contribution < 1.29 is 13.2 Å². The number of aryl methyl sites for hydroxylation is 1. The van der Waals surface area contributed by atoms with Gasteiger partial charge in [0.1, 0.15) is 0 Å². The van der Waals surface area contributed by atoms with Gasteiger partial charge >= 0.3 is 6.18 Å². The van der Waals surface area contributed by atoms with Gasteiger partial charge in [0.25, 0.3) is 0 Å². The molecule has 0 saturated heterocycles. The Morgan fingerprint density at radius 1 is 1.21 bits per heavy atom. The van der Waals surface area contributed by atoms with Crippen molar-refractivity contribution in [3.05, 3.63) is 35.4 Å². The first-order chi connectivity index (χ1) is 8.96. The molecule has 0 bridgehead atoms. The third-order valence-electron chi connectivity index (χ3n) is 3.06. The van der Waals surface area contributed by atoms with Crippen molar-refractivity contribution in [1.29, 1.82) is 0 Å². The third kappa shape index (κ3) is 6.10. The quantitative estimate of drug-likeness (QED) is 0.763. The molecule has 0 saturated carbocycles. The second kappa shape index (κ2) is 7.53. The van der Waals surface area contributed by atoms with Crippen LogP contribution < -0.4 is 5.32 Å². The molecule has 1 unspecified atom stereocenters. The maximum absolute atomic E-state index is 12.3. The summed E-state index contributed by atoms with van der Waals surface area (Å²) < 4.78 is 37.0. The zero-order valence-corrected chi connectivity index (χ0v) is 11.6. The molecule has 0 fully saturated rings. The first kappa shape index (κ1) is 16.0. The van der Waals surface area contributed by atoms with Gasteiger partial charge in [0.05, 0.1) is 0 Å². The van der Waals surface area contributed by atoms with Crippen LogP contribution in [0.2, 0.25) is 0 Å². The van der Waals surface area contributed by atoms with Crippen LogP contribution in [0.25, 0.3) is 0 Å². The Balaban J connectivity index is 2.76. The SMILES string of the molecule is CCCc1cccc(C(CCC(F)(F)F)NCC)c1. The number of hydrogen-bond acceptors (Lipinski definition) is 1. The molecule has 0 aromatic heterocycles. The van der Waals surface area contributed by atoms with E-state index in [2.05, 4.69) is 12.2 Å². The molecule has 0 aliphatic carbocycles. The van der Waals surface area contributed by atoms with Gasteiger partial charge in [-0.25, -0.2) is 0 Å². The average Bonchev–Trinajstić information content (AvgIpc) is 2.34. The van der Waals surface area contributed by atoms with Gasteiger partial charge in [0.15, 0.2) is 0 Å². The van der Waals surface area contributed by atoms with Gasteiger partial charge in [-0.3, -0.25) is 0 Å². The van der Waals surface area contributed by atoms with E-state index < -0.39 is 12.6 Å². The number of rotatable bonds is 7. The minimum absolute atomic E-state index is 0.0902. The number of halogens is 3. The molecule has 1 atom stereocenters. The molecule has 0 amide bonds. The van der Waals surface area contributed by atoms with Crippen LogP contribution in [-0.4, -0.2) is 12.7 Å². The molecule has 1 aromatic carbocycles. The second-order valence-corrected chi connectivity index (χ2v) is 4.76. The van der Waals surface area contributed by atoms with Crippen LogP contribution in [-0.2, 0) is 6.42 Å². The van der Waals surface area contributed by atoms with Crippen LogP contribution in [0.4, 0.5) is 13.2 Å². The molecule has 0 radical (unpaired) electrons. The lowest BCUT2D eigenvalue weighted by molar-refractivity contribution is -0.136. The maximum atomic E-state index is 12.3. The summed E-state index contributed by atoms with van der Waals surface area (Å²) >= 11 is 0. The van der Waals surface area contributed by atoms with Crippen molar-refractivity contribution in [1.82, 2.24) is 5.32 Å². The summed E-state index contributed by atoms with van der Waals surface area (Å²) in [6.45, 7) is 4.68. The first-order valence-corrected chi connectivity index (χ1v) is 6.85. The summed E-state index contributed by atoms with van der Waals surface area (Å²) in [5, 5.41) is 3.14. The topological polar surface area (TPSA) is 12.0 Å². The van der Waals surface area contributed by atoms with Crippen LogP contribution >= 0.6 is 0 Å². The molecule has 1 nitrogen and oxygen atoms in total. The van der Waals surface area contributed by atoms with Gasteiger partial charge in [-0.05, 0) is 30.5 Å². The van der Waals surface area contributed by atoms with Crippen molar-refractivity contribution in [3.63, 3.8) is 0 Å². The average molecular weight is 273 g/mol. The predicted octanol–water partition coefficient (Wildman–Crippen LogP) is 4.63. The molecule has 1 N–H and O–H groups in total. The smallest absolute Gasteiger partial charge is 0.310 e. The van der Waals surface area contributed by atoms with Crippen molar-refractivity contribution >= 4 is 0 Å². The highest BCUT2D eigenvalue weighted by molar-refractivity contribution is 5.26. The molecule has 0 heterocycles. The Kier molecular flexibility index (Phi) is 6.35. The minimum Gasteiger partial charge on any atom is -0.310 e. The number of alkyl halides is 3. The number of nitrogens with one attached hydrogen (secondary N) is 1. The van der Waals surface area contributed by atoms with Gasteiger partial charge in [0.2, 0.25) is 0 Å². The summed E-state index contributed by atoms with van der Waals surface area (Å²) in [6.07, 6.45) is -2.74. The fourth-order valence-electron chi connectivity index (χ4n) is 2.20. The molecule has 0 aliphatic rings. The van der Waals surface area contributed by atoms with Gasteiger partial charge < -0.3 is 5.32 Å². The number of hydrogen-bond donors (Lipinski definition) is 1. The molecule has 0 spiro atoms. The molecule has 1 aromatic rings. The van der Waals surface area contributed by atoms with E-state index in [9.17, 15) is 13.2 Å². The Bertz CT molecular complexity index is 374. The lowest BCUT2D eigenvalue weighted by Crippen LogP contribution is -2.23. The molecule has 108 valence electrons. The summed E-state index contributed by atoms with van der Waals surface area (Å²) in [4.78, 5) is 0. The summed E-state index contributed by atoms with van der Waals surface area (Å²) in [5.74, 6) is 0. The maximum Gasteiger partial charge on any atom is 0.389 e.